The van der Waals surface area contributed by atoms with Gasteiger partial charge in [0.15, 0.2) is 5.96 Å². The smallest absolute Gasteiger partial charge is 0.191 e. The van der Waals surface area contributed by atoms with Crippen molar-refractivity contribution < 1.29 is 0 Å². The molecular weight excluding hydrogens is 320 g/mol. The number of aryl methyl sites for hydroxylation is 1. The first-order valence-electron chi connectivity index (χ1n) is 9.46. The van der Waals surface area contributed by atoms with Gasteiger partial charge in [-0.05, 0) is 50.6 Å². The van der Waals surface area contributed by atoms with Gasteiger partial charge in [-0.1, -0.05) is 54.6 Å². The molecular formula is C22H32N4. The maximum Gasteiger partial charge on any atom is 0.191 e. The van der Waals surface area contributed by atoms with E-state index in [2.05, 4.69) is 91.1 Å². The normalized spacial score (nSPS) is 11.6. The summed E-state index contributed by atoms with van der Waals surface area (Å²) in [5.74, 6) is 0.888. The largest absolute Gasteiger partial charge is 0.357 e. The summed E-state index contributed by atoms with van der Waals surface area (Å²) in [4.78, 5) is 6.91. The van der Waals surface area contributed by atoms with Crippen LogP contribution in [-0.2, 0) is 19.5 Å². The third-order valence-electron chi connectivity index (χ3n) is 4.03. The molecule has 0 spiro atoms. The summed E-state index contributed by atoms with van der Waals surface area (Å²) in [5, 5.41) is 6.77. The molecule has 0 atom stereocenters. The number of rotatable bonds is 9. The Labute approximate surface area is 158 Å². The number of hydrogen-bond donors (Lipinski definition) is 2. The summed E-state index contributed by atoms with van der Waals surface area (Å²) in [5.41, 5.74) is 3.95. The first-order chi connectivity index (χ1) is 12.7. The van der Waals surface area contributed by atoms with E-state index in [1.807, 2.05) is 0 Å². The average Bonchev–Trinajstić information content (AvgIpc) is 2.64. The fraction of sp³-hybridized carbons (Fsp3) is 0.409. The molecule has 4 nitrogen and oxygen atoms in total. The van der Waals surface area contributed by atoms with Crippen LogP contribution in [0.25, 0.3) is 0 Å². The molecule has 2 aromatic carbocycles. The Bertz CT molecular complexity index is 665. The summed E-state index contributed by atoms with van der Waals surface area (Å²) >= 11 is 0. The second-order valence-electron chi connectivity index (χ2n) is 6.77. The van der Waals surface area contributed by atoms with Crippen molar-refractivity contribution in [2.45, 2.75) is 32.9 Å². The lowest BCUT2D eigenvalue weighted by molar-refractivity contribution is 0.402. The molecule has 0 fully saturated rings. The van der Waals surface area contributed by atoms with Gasteiger partial charge in [0.1, 0.15) is 0 Å². The van der Waals surface area contributed by atoms with Gasteiger partial charge in [0.2, 0.25) is 0 Å². The zero-order valence-corrected chi connectivity index (χ0v) is 16.3. The second kappa shape index (κ2) is 11.3. The van der Waals surface area contributed by atoms with E-state index in [4.69, 9.17) is 4.99 Å². The van der Waals surface area contributed by atoms with Gasteiger partial charge in [-0.15, -0.1) is 0 Å². The van der Waals surface area contributed by atoms with Gasteiger partial charge in [-0.25, -0.2) is 4.99 Å². The zero-order chi connectivity index (χ0) is 18.6. The minimum atomic E-state index is 0.690. The average molecular weight is 353 g/mol. The summed E-state index contributed by atoms with van der Waals surface area (Å²) in [6.07, 6.45) is 2.17. The molecule has 4 heteroatoms. The van der Waals surface area contributed by atoms with Crippen LogP contribution in [0, 0.1) is 0 Å². The molecule has 26 heavy (non-hydrogen) atoms. The molecule has 2 N–H and O–H groups in total. The van der Waals surface area contributed by atoms with Crippen molar-refractivity contribution in [2.24, 2.45) is 4.99 Å². The van der Waals surface area contributed by atoms with Crippen LogP contribution in [0.3, 0.4) is 0 Å². The van der Waals surface area contributed by atoms with Crippen molar-refractivity contribution in [3.05, 3.63) is 71.3 Å². The maximum atomic E-state index is 4.73. The van der Waals surface area contributed by atoms with Crippen LogP contribution in [0.15, 0.2) is 59.6 Å². The number of hydrogen-bond acceptors (Lipinski definition) is 2. The van der Waals surface area contributed by atoms with Crippen LogP contribution in [0.1, 0.15) is 30.0 Å². The Morgan fingerprint density at radius 2 is 1.65 bits per heavy atom. The monoisotopic (exact) mass is 352 g/mol. The third-order valence-corrected chi connectivity index (χ3v) is 4.03. The van der Waals surface area contributed by atoms with Crippen LogP contribution in [0.5, 0.6) is 0 Å². The zero-order valence-electron chi connectivity index (χ0n) is 16.3. The fourth-order valence-electron chi connectivity index (χ4n) is 2.85. The summed E-state index contributed by atoms with van der Waals surface area (Å²) in [6, 6.07) is 19.3. The van der Waals surface area contributed by atoms with E-state index in [9.17, 15) is 0 Å². The highest BCUT2D eigenvalue weighted by atomic mass is 15.2. The summed E-state index contributed by atoms with van der Waals surface area (Å²) in [6.45, 7) is 5.52. The third kappa shape index (κ3) is 7.70. The van der Waals surface area contributed by atoms with Crippen molar-refractivity contribution in [2.75, 3.05) is 27.2 Å². The molecule has 0 unspecified atom stereocenters. The highest BCUT2D eigenvalue weighted by Gasteiger charge is 2.00. The predicted molar refractivity (Wildman–Crippen MR) is 111 cm³/mol. The molecule has 0 aliphatic heterocycles. The van der Waals surface area contributed by atoms with Crippen molar-refractivity contribution >= 4 is 5.96 Å². The SMILES string of the molecule is CCNC(=NCc1cccc(CN(C)C)c1)NCCCc1ccccc1. The number of nitrogens with one attached hydrogen (secondary N) is 2. The van der Waals surface area contributed by atoms with Gasteiger partial charge >= 0.3 is 0 Å². The van der Waals surface area contributed by atoms with E-state index in [0.29, 0.717) is 6.54 Å². The Hall–Kier alpha value is -2.33. The first-order valence-corrected chi connectivity index (χ1v) is 9.46. The fourth-order valence-corrected chi connectivity index (χ4v) is 2.85. The van der Waals surface area contributed by atoms with Gasteiger partial charge in [0.05, 0.1) is 6.54 Å². The number of aliphatic imine (C=N–C) groups is 1. The first kappa shape index (κ1) is 20.0. The van der Waals surface area contributed by atoms with Gasteiger partial charge in [0, 0.05) is 19.6 Å². The predicted octanol–water partition coefficient (Wildman–Crippen LogP) is 3.44. The maximum absolute atomic E-state index is 4.73. The lowest BCUT2D eigenvalue weighted by Crippen LogP contribution is -2.37. The Balaban J connectivity index is 1.83. The summed E-state index contributed by atoms with van der Waals surface area (Å²) < 4.78 is 0. The quantitative estimate of drug-likeness (QED) is 0.413. The van der Waals surface area contributed by atoms with Crippen LogP contribution in [0.4, 0.5) is 0 Å². The van der Waals surface area contributed by atoms with E-state index in [1.54, 1.807) is 0 Å². The summed E-state index contributed by atoms with van der Waals surface area (Å²) in [7, 11) is 4.18. The molecule has 0 saturated heterocycles. The molecule has 0 radical (unpaired) electrons. The molecule has 0 bridgehead atoms. The lowest BCUT2D eigenvalue weighted by Gasteiger charge is -2.12. The Kier molecular flexibility index (Phi) is 8.70. The van der Waals surface area contributed by atoms with Gasteiger partial charge in [-0.3, -0.25) is 0 Å². The Morgan fingerprint density at radius 3 is 2.38 bits per heavy atom. The van der Waals surface area contributed by atoms with Crippen LogP contribution in [-0.4, -0.2) is 38.0 Å². The van der Waals surface area contributed by atoms with E-state index < -0.39 is 0 Å². The van der Waals surface area contributed by atoms with Crippen molar-refractivity contribution in [3.63, 3.8) is 0 Å². The number of benzene rings is 2. The molecule has 0 amide bonds. The molecule has 0 aliphatic carbocycles. The standard InChI is InChI=1S/C22H32N4/c1-4-23-22(24-15-9-14-19-10-6-5-7-11-19)25-17-20-12-8-13-21(16-20)18-26(2)3/h5-8,10-13,16H,4,9,14-15,17-18H2,1-3H3,(H2,23,24,25). The lowest BCUT2D eigenvalue weighted by atomic mass is 10.1. The highest BCUT2D eigenvalue weighted by molar-refractivity contribution is 5.79. The molecule has 0 aliphatic rings. The van der Waals surface area contributed by atoms with Crippen molar-refractivity contribution in [1.29, 1.82) is 0 Å². The molecule has 140 valence electrons. The molecule has 2 aromatic rings. The molecule has 2 rings (SSSR count). The second-order valence-corrected chi connectivity index (χ2v) is 6.77. The van der Waals surface area contributed by atoms with Crippen molar-refractivity contribution in [1.82, 2.24) is 15.5 Å². The van der Waals surface area contributed by atoms with Crippen molar-refractivity contribution in [3.8, 4) is 0 Å². The van der Waals surface area contributed by atoms with E-state index in [-0.39, 0.29) is 0 Å². The van der Waals surface area contributed by atoms with E-state index >= 15 is 0 Å². The van der Waals surface area contributed by atoms with E-state index in [1.165, 1.54) is 16.7 Å². The molecule has 0 heterocycles. The van der Waals surface area contributed by atoms with Gasteiger partial charge in [-0.2, -0.15) is 0 Å². The minimum Gasteiger partial charge on any atom is -0.357 e. The molecule has 0 aromatic heterocycles. The van der Waals surface area contributed by atoms with Crippen LogP contribution in [0.2, 0.25) is 0 Å². The topological polar surface area (TPSA) is 39.7 Å². The van der Waals surface area contributed by atoms with Crippen LogP contribution >= 0.6 is 0 Å². The Morgan fingerprint density at radius 1 is 0.923 bits per heavy atom. The van der Waals surface area contributed by atoms with Crippen LogP contribution < -0.4 is 10.6 Å². The minimum absolute atomic E-state index is 0.690. The van der Waals surface area contributed by atoms with Gasteiger partial charge in [0.25, 0.3) is 0 Å². The molecule has 0 saturated carbocycles. The number of nitrogens with zero attached hydrogens (tertiary/aromatic N) is 2. The van der Waals surface area contributed by atoms with E-state index in [0.717, 1.165) is 38.4 Å². The number of guanidine groups is 1. The highest BCUT2D eigenvalue weighted by Crippen LogP contribution is 2.08. The van der Waals surface area contributed by atoms with Gasteiger partial charge < -0.3 is 15.5 Å².